The number of carbonyl (C=O) groups is 3. The Labute approximate surface area is 305 Å². The van der Waals surface area contributed by atoms with Gasteiger partial charge in [-0.05, 0) is 103 Å². The molecular formula is C35H60O10Si5. The number of ether oxygens (including phenoxy) is 3. The minimum atomic E-state index is -2.61. The van der Waals surface area contributed by atoms with Crippen molar-refractivity contribution in [3.63, 3.8) is 0 Å². The van der Waals surface area contributed by atoms with Gasteiger partial charge in [0.15, 0.2) is 22.4 Å². The van der Waals surface area contributed by atoms with Crippen LogP contribution in [0.15, 0.2) is 60.7 Å². The molecule has 0 fully saturated rings. The van der Waals surface area contributed by atoms with Gasteiger partial charge in [-0.1, -0.05) is 60.7 Å². The van der Waals surface area contributed by atoms with Crippen molar-refractivity contribution in [1.29, 1.82) is 0 Å². The third-order valence-electron chi connectivity index (χ3n) is 7.35. The third-order valence-corrected chi connectivity index (χ3v) is 25.4. The molecule has 0 atom stereocenters. The van der Waals surface area contributed by atoms with Gasteiger partial charge in [-0.15, -0.1) is 0 Å². The summed E-state index contributed by atoms with van der Waals surface area (Å²) >= 11 is 0. The van der Waals surface area contributed by atoms with Crippen LogP contribution in [0.2, 0.25) is 78.1 Å². The molecule has 0 aromatic heterocycles. The predicted octanol–water partition coefficient (Wildman–Crippen LogP) is 8.20. The van der Waals surface area contributed by atoms with Gasteiger partial charge in [0.05, 0.1) is 12.8 Å². The number of Topliss-reactive ketones (excluding diaryl/α,β-unsaturated/α-hetero) is 1. The zero-order valence-electron chi connectivity index (χ0n) is 32.3. The summed E-state index contributed by atoms with van der Waals surface area (Å²) in [6, 6.07) is 19.2. The van der Waals surface area contributed by atoms with Crippen molar-refractivity contribution in [2.24, 2.45) is 0 Å². The highest BCUT2D eigenvalue weighted by atomic mass is 28.5. The Morgan fingerprint density at radius 2 is 0.980 bits per heavy atom. The number of hydrogen-bond acceptors (Lipinski definition) is 10. The van der Waals surface area contributed by atoms with Gasteiger partial charge in [0.25, 0.3) is 0 Å². The Kier molecular flexibility index (Phi) is 16.4. The molecule has 2 aromatic rings. The molecule has 280 valence electrons. The Morgan fingerprint density at radius 1 is 0.580 bits per heavy atom. The highest BCUT2D eigenvalue weighted by Crippen LogP contribution is 2.29. The molecule has 0 heterocycles. The highest BCUT2D eigenvalue weighted by Gasteiger charge is 2.46. The molecule has 0 unspecified atom stereocenters. The fourth-order valence-corrected chi connectivity index (χ4v) is 29.7. The largest absolute Gasteiger partial charge is 0.461 e. The minimum absolute atomic E-state index is 0.0424. The Balaban J connectivity index is 2.08. The first kappa shape index (κ1) is 44.1. The molecule has 0 radical (unpaired) electrons. The Bertz CT molecular complexity index is 1320. The summed E-state index contributed by atoms with van der Waals surface area (Å²) < 4.78 is 43.6. The molecule has 15 heteroatoms. The molecule has 0 amide bonds. The molecular weight excluding hydrogens is 721 g/mol. The fourth-order valence-electron chi connectivity index (χ4n) is 6.03. The van der Waals surface area contributed by atoms with Crippen molar-refractivity contribution >= 4 is 60.0 Å². The monoisotopic (exact) mass is 780 g/mol. The predicted molar refractivity (Wildman–Crippen MR) is 208 cm³/mol. The quantitative estimate of drug-likeness (QED) is 0.0658. The first-order valence-corrected chi connectivity index (χ1v) is 32.2. The van der Waals surface area contributed by atoms with E-state index in [2.05, 4.69) is 45.8 Å². The molecule has 0 saturated carbocycles. The molecule has 0 bridgehead atoms. The molecule has 0 aliphatic carbocycles. The Hall–Kier alpha value is -2.07. The van der Waals surface area contributed by atoms with E-state index in [0.29, 0.717) is 12.5 Å². The Morgan fingerprint density at radius 3 is 1.38 bits per heavy atom. The first-order valence-electron chi connectivity index (χ1n) is 17.3. The molecule has 2 aromatic carbocycles. The summed E-state index contributed by atoms with van der Waals surface area (Å²) in [5.74, 6) is -1.73. The standard InChI is InChI=1S/C35H60O10Si5/c1-30(36)35(26-33(37)39-28-31-20-15-13-16-21-31,27-34(38)40-29-32-22-17-14-18-23-32)41-24-19-25-47(5,6)43-49(9,10)45-50(11,12)44-48(7,8)42-46(2,3)4/h13-18,20-23H,19,24-29H2,1-12H3. The molecule has 0 saturated heterocycles. The summed E-state index contributed by atoms with van der Waals surface area (Å²) in [6.07, 6.45) is -0.277. The second kappa shape index (κ2) is 18.6. The summed E-state index contributed by atoms with van der Waals surface area (Å²) in [5, 5.41) is 0. The van der Waals surface area contributed by atoms with E-state index in [0.717, 1.165) is 11.1 Å². The van der Waals surface area contributed by atoms with E-state index in [-0.39, 0.29) is 19.8 Å². The van der Waals surface area contributed by atoms with E-state index >= 15 is 0 Å². The van der Waals surface area contributed by atoms with E-state index in [1.54, 1.807) is 0 Å². The topological polar surface area (TPSA) is 116 Å². The minimum Gasteiger partial charge on any atom is -0.461 e. The van der Waals surface area contributed by atoms with E-state index in [9.17, 15) is 14.4 Å². The van der Waals surface area contributed by atoms with E-state index in [1.807, 2.05) is 86.9 Å². The average Bonchev–Trinajstić information content (AvgIpc) is 2.95. The van der Waals surface area contributed by atoms with Crippen LogP contribution in [0.25, 0.3) is 0 Å². The van der Waals surface area contributed by atoms with Crippen LogP contribution in [-0.2, 0) is 58.3 Å². The second-order valence-corrected chi connectivity index (χ2v) is 35.5. The van der Waals surface area contributed by atoms with Gasteiger partial charge in [0.2, 0.25) is 0 Å². The second-order valence-electron chi connectivity index (χ2n) is 15.6. The van der Waals surface area contributed by atoms with Crippen LogP contribution in [0.5, 0.6) is 0 Å². The van der Waals surface area contributed by atoms with Crippen LogP contribution in [0.1, 0.15) is 37.3 Å². The number of ketones is 1. The van der Waals surface area contributed by atoms with Crippen molar-refractivity contribution < 1.29 is 45.1 Å². The molecule has 0 aliphatic heterocycles. The molecule has 0 N–H and O–H groups in total. The maximum atomic E-state index is 13.2. The fraction of sp³-hybridized carbons (Fsp3) is 0.571. The molecule has 0 aliphatic rings. The van der Waals surface area contributed by atoms with Crippen molar-refractivity contribution in [3.05, 3.63) is 71.8 Å². The van der Waals surface area contributed by atoms with E-state index in [1.165, 1.54) is 6.92 Å². The summed E-state index contributed by atoms with van der Waals surface area (Å²) in [7, 11) is -11.6. The smallest absolute Gasteiger partial charge is 0.314 e. The maximum absolute atomic E-state index is 13.2. The number of hydrogen-bond donors (Lipinski definition) is 0. The van der Waals surface area contributed by atoms with Crippen molar-refractivity contribution in [1.82, 2.24) is 0 Å². The molecule has 2 rings (SSSR count). The van der Waals surface area contributed by atoms with Gasteiger partial charge < -0.3 is 30.7 Å². The summed E-state index contributed by atoms with van der Waals surface area (Å²) in [6.45, 7) is 24.6. The molecule has 0 spiro atoms. The van der Waals surface area contributed by atoms with Crippen LogP contribution in [0.4, 0.5) is 0 Å². The van der Waals surface area contributed by atoms with Gasteiger partial charge in [-0.2, -0.15) is 0 Å². The lowest BCUT2D eigenvalue weighted by molar-refractivity contribution is -0.169. The summed E-state index contributed by atoms with van der Waals surface area (Å²) in [4.78, 5) is 39.3. The van der Waals surface area contributed by atoms with Crippen LogP contribution >= 0.6 is 0 Å². The number of benzene rings is 2. The average molecular weight is 781 g/mol. The lowest BCUT2D eigenvalue weighted by Crippen LogP contribution is -2.58. The molecule has 10 nitrogen and oxygen atoms in total. The van der Waals surface area contributed by atoms with Gasteiger partial charge >= 0.3 is 37.6 Å². The number of carbonyl (C=O) groups excluding carboxylic acids is 3. The van der Waals surface area contributed by atoms with Crippen molar-refractivity contribution in [2.75, 3.05) is 6.61 Å². The van der Waals surface area contributed by atoms with E-state index < -0.39 is 78.5 Å². The van der Waals surface area contributed by atoms with E-state index in [4.69, 9.17) is 30.7 Å². The normalized spacial score (nSPS) is 13.2. The SMILES string of the molecule is CC(=O)C(CC(=O)OCc1ccccc1)(CC(=O)OCc1ccccc1)OCCC[Si](C)(C)O[Si](C)(C)O[Si](C)(C)O[Si](C)(C)O[Si](C)(C)C. The number of rotatable bonds is 22. The third kappa shape index (κ3) is 17.4. The molecule has 50 heavy (non-hydrogen) atoms. The first-order chi connectivity index (χ1) is 22.9. The summed E-state index contributed by atoms with van der Waals surface area (Å²) in [5.41, 5.74) is -0.112. The zero-order valence-corrected chi connectivity index (χ0v) is 37.3. The number of esters is 2. The van der Waals surface area contributed by atoms with Crippen molar-refractivity contribution in [2.45, 2.75) is 123 Å². The van der Waals surface area contributed by atoms with Gasteiger partial charge in [0, 0.05) is 6.61 Å². The van der Waals surface area contributed by atoms with Gasteiger partial charge in [-0.25, -0.2) is 0 Å². The van der Waals surface area contributed by atoms with Crippen LogP contribution in [0, 0.1) is 0 Å². The van der Waals surface area contributed by atoms with Crippen LogP contribution in [0.3, 0.4) is 0 Å². The zero-order chi connectivity index (χ0) is 37.9. The van der Waals surface area contributed by atoms with Crippen LogP contribution in [-0.4, -0.2) is 72.2 Å². The lowest BCUT2D eigenvalue weighted by Gasteiger charge is -2.42. The van der Waals surface area contributed by atoms with Gasteiger partial charge in [-0.3, -0.25) is 14.4 Å². The maximum Gasteiger partial charge on any atom is 0.314 e. The lowest BCUT2D eigenvalue weighted by atomic mass is 9.90. The van der Waals surface area contributed by atoms with Gasteiger partial charge in [0.1, 0.15) is 18.8 Å². The van der Waals surface area contributed by atoms with Crippen molar-refractivity contribution in [3.8, 4) is 0 Å². The van der Waals surface area contributed by atoms with Crippen LogP contribution < -0.4 is 0 Å². The highest BCUT2D eigenvalue weighted by molar-refractivity contribution is 6.90.